The molecule has 0 aromatic heterocycles. The van der Waals surface area contributed by atoms with E-state index in [0.717, 1.165) is 25.7 Å². The molecular weight excluding hydrogens is 424 g/mol. The summed E-state index contributed by atoms with van der Waals surface area (Å²) in [6, 6.07) is 0. The van der Waals surface area contributed by atoms with Crippen molar-refractivity contribution in [3.05, 3.63) is 0 Å². The maximum absolute atomic E-state index is 11.8. The Morgan fingerprint density at radius 2 is 0.618 bits per heavy atom. The van der Waals surface area contributed by atoms with Crippen LogP contribution in [0.2, 0.25) is 0 Å². The van der Waals surface area contributed by atoms with Gasteiger partial charge in [-0.3, -0.25) is 9.59 Å². The molecule has 4 nitrogen and oxygen atoms in total. The maximum Gasteiger partial charge on any atom is 0.305 e. The van der Waals surface area contributed by atoms with Gasteiger partial charge in [0.05, 0.1) is 0 Å². The zero-order chi connectivity index (χ0) is 25.0. The van der Waals surface area contributed by atoms with E-state index in [1.807, 2.05) is 0 Å². The molecule has 0 saturated heterocycles. The van der Waals surface area contributed by atoms with Gasteiger partial charge in [-0.15, -0.1) is 0 Å². The summed E-state index contributed by atoms with van der Waals surface area (Å²) < 4.78 is 10.3. The molecule has 0 amide bonds. The first-order chi connectivity index (χ1) is 16.7. The van der Waals surface area contributed by atoms with Gasteiger partial charge in [0.2, 0.25) is 0 Å². The second-order valence-electron chi connectivity index (χ2n) is 10.0. The molecular formula is C30H58O4. The van der Waals surface area contributed by atoms with E-state index in [9.17, 15) is 9.59 Å². The van der Waals surface area contributed by atoms with Crippen LogP contribution in [0.5, 0.6) is 0 Å². The highest BCUT2D eigenvalue weighted by Crippen LogP contribution is 2.14. The predicted octanol–water partition coefficient (Wildman–Crippen LogP) is 9.48. The molecule has 202 valence electrons. The zero-order valence-electron chi connectivity index (χ0n) is 23.0. The number of unbranched alkanes of at least 4 members (excludes halogenated alkanes) is 20. The minimum Gasteiger partial charge on any atom is -0.462 e. The monoisotopic (exact) mass is 482 g/mol. The minimum absolute atomic E-state index is 0.169. The van der Waals surface area contributed by atoms with Gasteiger partial charge < -0.3 is 9.47 Å². The van der Waals surface area contributed by atoms with E-state index in [1.54, 1.807) is 0 Å². The summed E-state index contributed by atoms with van der Waals surface area (Å²) >= 11 is 0. The number of hydrogen-bond acceptors (Lipinski definition) is 4. The Labute approximate surface area is 212 Å². The van der Waals surface area contributed by atoms with Gasteiger partial charge in [-0.1, -0.05) is 142 Å². The van der Waals surface area contributed by atoms with Crippen LogP contribution in [0.1, 0.15) is 168 Å². The molecule has 0 unspecified atom stereocenters. The Morgan fingerprint density at radius 1 is 0.382 bits per heavy atom. The van der Waals surface area contributed by atoms with Crippen molar-refractivity contribution >= 4 is 11.9 Å². The Morgan fingerprint density at radius 3 is 0.882 bits per heavy atom. The molecule has 0 atom stereocenters. The summed E-state index contributed by atoms with van der Waals surface area (Å²) in [5.41, 5.74) is 0. The highest BCUT2D eigenvalue weighted by atomic mass is 16.6. The number of rotatable bonds is 27. The van der Waals surface area contributed by atoms with E-state index in [0.29, 0.717) is 12.8 Å². The third-order valence-electron chi connectivity index (χ3n) is 6.58. The summed E-state index contributed by atoms with van der Waals surface area (Å²) in [7, 11) is 0. The third-order valence-corrected chi connectivity index (χ3v) is 6.58. The lowest BCUT2D eigenvalue weighted by atomic mass is 10.0. The van der Waals surface area contributed by atoms with Crippen LogP contribution in [0.4, 0.5) is 0 Å². The van der Waals surface area contributed by atoms with Gasteiger partial charge in [-0.05, 0) is 12.8 Å². The fourth-order valence-corrected chi connectivity index (χ4v) is 4.32. The van der Waals surface area contributed by atoms with E-state index < -0.39 is 0 Å². The molecule has 0 aliphatic rings. The molecule has 0 fully saturated rings. The molecule has 4 heteroatoms. The molecule has 0 heterocycles. The molecule has 0 aromatic carbocycles. The van der Waals surface area contributed by atoms with Crippen molar-refractivity contribution in [1.82, 2.24) is 0 Å². The van der Waals surface area contributed by atoms with Crippen molar-refractivity contribution in [3.8, 4) is 0 Å². The number of ether oxygens (including phenoxy) is 2. The topological polar surface area (TPSA) is 52.6 Å². The molecule has 0 N–H and O–H groups in total. The molecule has 0 radical (unpaired) electrons. The van der Waals surface area contributed by atoms with E-state index in [4.69, 9.17) is 9.47 Å². The first kappa shape index (κ1) is 32.9. The van der Waals surface area contributed by atoms with Crippen LogP contribution in [0, 0.1) is 0 Å². The summed E-state index contributed by atoms with van der Waals surface area (Å²) in [4.78, 5) is 23.5. The van der Waals surface area contributed by atoms with Crippen molar-refractivity contribution in [2.45, 2.75) is 168 Å². The SMILES string of the molecule is CCCCCCCCCCCCCCCCCC(=O)OCCOC(=O)CCCCCCCCC. The van der Waals surface area contributed by atoms with Crippen LogP contribution < -0.4 is 0 Å². The fraction of sp³-hybridized carbons (Fsp3) is 0.933. The lowest BCUT2D eigenvalue weighted by molar-refractivity contribution is -0.152. The molecule has 0 aliphatic carbocycles. The Kier molecular flexibility index (Phi) is 27.3. The molecule has 0 spiro atoms. The normalized spacial score (nSPS) is 11.0. The second kappa shape index (κ2) is 28.2. The van der Waals surface area contributed by atoms with Crippen LogP contribution in [0.25, 0.3) is 0 Å². The van der Waals surface area contributed by atoms with Gasteiger partial charge in [0.15, 0.2) is 0 Å². The summed E-state index contributed by atoms with van der Waals surface area (Å²) in [6.07, 6.45) is 29.0. The van der Waals surface area contributed by atoms with Crippen LogP contribution in [0.15, 0.2) is 0 Å². The van der Waals surface area contributed by atoms with Crippen molar-refractivity contribution in [2.75, 3.05) is 13.2 Å². The van der Waals surface area contributed by atoms with E-state index >= 15 is 0 Å². The highest BCUT2D eigenvalue weighted by molar-refractivity contribution is 5.70. The molecule has 34 heavy (non-hydrogen) atoms. The Bertz CT molecular complexity index is 436. The standard InChI is InChI=1S/C30H58O4/c1-3-5-7-9-11-12-13-14-15-16-17-18-20-22-24-26-30(32)34-28-27-33-29(31)25-23-21-19-10-8-6-4-2/h3-28H2,1-2H3. The number of esters is 2. The fourth-order valence-electron chi connectivity index (χ4n) is 4.32. The quantitative estimate of drug-likeness (QED) is 0.0864. The number of hydrogen-bond donors (Lipinski definition) is 0. The first-order valence-electron chi connectivity index (χ1n) is 15.0. The summed E-state index contributed by atoms with van der Waals surface area (Å²) in [6.45, 7) is 4.85. The van der Waals surface area contributed by atoms with Crippen LogP contribution in [0.3, 0.4) is 0 Å². The lowest BCUT2D eigenvalue weighted by Crippen LogP contribution is -2.13. The molecule has 0 saturated carbocycles. The van der Waals surface area contributed by atoms with E-state index in [1.165, 1.54) is 116 Å². The maximum atomic E-state index is 11.8. The van der Waals surface area contributed by atoms with E-state index in [2.05, 4.69) is 13.8 Å². The van der Waals surface area contributed by atoms with Gasteiger partial charge in [0.1, 0.15) is 13.2 Å². The van der Waals surface area contributed by atoms with Crippen molar-refractivity contribution in [2.24, 2.45) is 0 Å². The Balaban J connectivity index is 3.25. The molecule has 0 aliphatic heterocycles. The lowest BCUT2D eigenvalue weighted by Gasteiger charge is -2.07. The minimum atomic E-state index is -0.174. The number of carbonyl (C=O) groups excluding carboxylic acids is 2. The van der Waals surface area contributed by atoms with Crippen molar-refractivity contribution in [1.29, 1.82) is 0 Å². The average molecular weight is 483 g/mol. The van der Waals surface area contributed by atoms with E-state index in [-0.39, 0.29) is 25.2 Å². The van der Waals surface area contributed by atoms with Crippen LogP contribution >= 0.6 is 0 Å². The summed E-state index contributed by atoms with van der Waals surface area (Å²) in [5, 5.41) is 0. The Hall–Kier alpha value is -1.06. The predicted molar refractivity (Wildman–Crippen MR) is 144 cm³/mol. The van der Waals surface area contributed by atoms with Crippen LogP contribution in [-0.4, -0.2) is 25.2 Å². The average Bonchev–Trinajstić information content (AvgIpc) is 2.83. The van der Waals surface area contributed by atoms with Crippen molar-refractivity contribution < 1.29 is 19.1 Å². The van der Waals surface area contributed by atoms with Gasteiger partial charge in [-0.25, -0.2) is 0 Å². The van der Waals surface area contributed by atoms with Gasteiger partial charge in [0, 0.05) is 12.8 Å². The van der Waals surface area contributed by atoms with Gasteiger partial charge in [0.25, 0.3) is 0 Å². The highest BCUT2D eigenvalue weighted by Gasteiger charge is 2.05. The molecule has 0 bridgehead atoms. The number of carbonyl (C=O) groups is 2. The van der Waals surface area contributed by atoms with Gasteiger partial charge in [-0.2, -0.15) is 0 Å². The van der Waals surface area contributed by atoms with Gasteiger partial charge >= 0.3 is 11.9 Å². The summed E-state index contributed by atoms with van der Waals surface area (Å²) in [5.74, 6) is -0.343. The second-order valence-corrected chi connectivity index (χ2v) is 10.0. The molecule has 0 rings (SSSR count). The van der Waals surface area contributed by atoms with Crippen molar-refractivity contribution in [3.63, 3.8) is 0 Å². The molecule has 0 aromatic rings. The first-order valence-corrected chi connectivity index (χ1v) is 15.0. The smallest absolute Gasteiger partial charge is 0.305 e. The third kappa shape index (κ3) is 27.2. The zero-order valence-corrected chi connectivity index (χ0v) is 23.0. The largest absolute Gasteiger partial charge is 0.462 e. The van der Waals surface area contributed by atoms with Crippen LogP contribution in [-0.2, 0) is 19.1 Å².